The van der Waals surface area contributed by atoms with E-state index in [9.17, 15) is 18.8 Å². The summed E-state index contributed by atoms with van der Waals surface area (Å²) in [7, 11) is 0. The van der Waals surface area contributed by atoms with Gasteiger partial charge in [0.1, 0.15) is 24.7 Å². The maximum atomic E-state index is 13.3. The molecule has 0 aromatic heterocycles. The zero-order chi connectivity index (χ0) is 26.7. The Morgan fingerprint density at radius 2 is 1.73 bits per heavy atom. The van der Waals surface area contributed by atoms with Gasteiger partial charge in [0, 0.05) is 10.7 Å². The SMILES string of the molecule is O=C(CN1C(=O)S/C(=C/c2cc(Br)c(OCc3ccc(Cl)cc3)c(Br)c2)C1=O)Nc1ccc(F)c(Cl)c1. The fourth-order valence-corrected chi connectivity index (χ4v) is 5.84. The van der Waals surface area contributed by atoms with Crippen molar-refractivity contribution in [2.45, 2.75) is 6.61 Å². The molecule has 1 aliphatic rings. The van der Waals surface area contributed by atoms with Crippen molar-refractivity contribution in [1.29, 1.82) is 0 Å². The minimum Gasteiger partial charge on any atom is -0.487 e. The first-order chi connectivity index (χ1) is 17.6. The molecule has 3 aromatic rings. The van der Waals surface area contributed by atoms with E-state index in [1.807, 2.05) is 12.1 Å². The van der Waals surface area contributed by atoms with E-state index in [0.29, 0.717) is 31.9 Å². The number of amides is 3. The lowest BCUT2D eigenvalue weighted by Crippen LogP contribution is -2.36. The third-order valence-corrected chi connectivity index (χ3v) is 7.62. The smallest absolute Gasteiger partial charge is 0.294 e. The minimum absolute atomic E-state index is 0.161. The highest BCUT2D eigenvalue weighted by Crippen LogP contribution is 2.38. The number of imide groups is 1. The third kappa shape index (κ3) is 6.94. The van der Waals surface area contributed by atoms with Crippen molar-refractivity contribution in [3.8, 4) is 5.75 Å². The summed E-state index contributed by atoms with van der Waals surface area (Å²) < 4.78 is 20.5. The number of hydrogen-bond donors (Lipinski definition) is 1. The second-order valence-electron chi connectivity index (χ2n) is 7.67. The number of anilines is 1. The molecule has 0 bridgehead atoms. The number of nitrogens with zero attached hydrogens (tertiary/aromatic N) is 1. The van der Waals surface area contributed by atoms with Gasteiger partial charge in [0.2, 0.25) is 5.91 Å². The Hall–Kier alpha value is -2.37. The molecule has 3 aromatic carbocycles. The zero-order valence-corrected chi connectivity index (χ0v) is 24.1. The zero-order valence-electron chi connectivity index (χ0n) is 18.6. The van der Waals surface area contributed by atoms with Crippen LogP contribution in [0, 0.1) is 5.82 Å². The van der Waals surface area contributed by atoms with Crippen LogP contribution >= 0.6 is 66.8 Å². The van der Waals surface area contributed by atoms with Crippen LogP contribution in [0.15, 0.2) is 68.4 Å². The molecule has 0 unspecified atom stereocenters. The fourth-order valence-electron chi connectivity index (χ4n) is 3.24. The van der Waals surface area contributed by atoms with Gasteiger partial charge < -0.3 is 10.1 Å². The van der Waals surface area contributed by atoms with Crippen LogP contribution in [0.2, 0.25) is 10.0 Å². The summed E-state index contributed by atoms with van der Waals surface area (Å²) in [5, 5.41) is 2.39. The molecule has 3 amide bonds. The van der Waals surface area contributed by atoms with Crippen LogP contribution in [0.4, 0.5) is 14.9 Å². The Morgan fingerprint density at radius 1 is 1.05 bits per heavy atom. The number of carbonyl (C=O) groups excluding carboxylic acids is 3. The summed E-state index contributed by atoms with van der Waals surface area (Å²) in [6.07, 6.45) is 1.56. The number of ether oxygens (including phenoxy) is 1. The van der Waals surface area contributed by atoms with E-state index in [2.05, 4.69) is 37.2 Å². The van der Waals surface area contributed by atoms with E-state index in [1.165, 1.54) is 12.1 Å². The fraction of sp³-hybridized carbons (Fsp3) is 0.0800. The molecule has 1 aliphatic heterocycles. The largest absolute Gasteiger partial charge is 0.487 e. The molecule has 0 spiro atoms. The lowest BCUT2D eigenvalue weighted by molar-refractivity contribution is -0.127. The molecule has 1 N–H and O–H groups in total. The van der Waals surface area contributed by atoms with Gasteiger partial charge in [-0.1, -0.05) is 35.3 Å². The van der Waals surface area contributed by atoms with Gasteiger partial charge in [0.05, 0.1) is 18.9 Å². The van der Waals surface area contributed by atoms with Crippen LogP contribution in [0.25, 0.3) is 6.08 Å². The number of hydrogen-bond acceptors (Lipinski definition) is 5. The van der Waals surface area contributed by atoms with E-state index in [1.54, 1.807) is 30.3 Å². The quantitative estimate of drug-likeness (QED) is 0.256. The van der Waals surface area contributed by atoms with Crippen LogP contribution < -0.4 is 10.1 Å². The summed E-state index contributed by atoms with van der Waals surface area (Å²) in [4.78, 5) is 38.6. The van der Waals surface area contributed by atoms with Gasteiger partial charge in [0.25, 0.3) is 11.1 Å². The standard InChI is InChI=1S/C25H15Br2Cl2FN2O4S/c26-17-7-14(8-18(27)23(17)36-12-13-1-3-15(28)4-2-13)9-21-24(34)32(25(35)37-21)11-22(33)31-16-5-6-20(30)19(29)10-16/h1-10H,11-12H2,(H,31,33)/b21-9+. The summed E-state index contributed by atoms with van der Waals surface area (Å²) in [5.74, 6) is -1.29. The van der Waals surface area contributed by atoms with Crippen molar-refractivity contribution >= 4 is 95.6 Å². The first-order valence-electron chi connectivity index (χ1n) is 10.5. The number of halogens is 5. The van der Waals surface area contributed by atoms with E-state index in [-0.39, 0.29) is 15.6 Å². The first-order valence-corrected chi connectivity index (χ1v) is 13.6. The first kappa shape index (κ1) is 27.7. The predicted molar refractivity (Wildman–Crippen MR) is 150 cm³/mol. The molecule has 1 saturated heterocycles. The van der Waals surface area contributed by atoms with Crippen molar-refractivity contribution in [1.82, 2.24) is 4.90 Å². The molecule has 1 heterocycles. The molecule has 1 fully saturated rings. The van der Waals surface area contributed by atoms with E-state index < -0.39 is 29.4 Å². The molecule has 0 aliphatic carbocycles. The number of benzene rings is 3. The molecule has 4 rings (SSSR count). The molecular formula is C25H15Br2Cl2FN2O4S. The van der Waals surface area contributed by atoms with Crippen molar-refractivity contribution in [2.24, 2.45) is 0 Å². The summed E-state index contributed by atoms with van der Waals surface area (Å²) in [5.41, 5.74) is 1.81. The normalized spacial score (nSPS) is 14.4. The topological polar surface area (TPSA) is 75.7 Å². The molecule has 37 heavy (non-hydrogen) atoms. The number of rotatable bonds is 7. The maximum absolute atomic E-state index is 13.3. The lowest BCUT2D eigenvalue weighted by atomic mass is 10.2. The third-order valence-electron chi connectivity index (χ3n) is 4.99. The van der Waals surface area contributed by atoms with Crippen molar-refractivity contribution < 1.29 is 23.5 Å². The molecule has 0 saturated carbocycles. The van der Waals surface area contributed by atoms with E-state index in [0.717, 1.165) is 28.3 Å². The number of thioether (sulfide) groups is 1. The van der Waals surface area contributed by atoms with E-state index >= 15 is 0 Å². The highest BCUT2D eigenvalue weighted by molar-refractivity contribution is 9.11. The number of carbonyl (C=O) groups is 3. The monoisotopic (exact) mass is 686 g/mol. The van der Waals surface area contributed by atoms with Crippen LogP contribution in [-0.2, 0) is 16.2 Å². The molecule has 12 heteroatoms. The van der Waals surface area contributed by atoms with Crippen LogP contribution in [0.5, 0.6) is 5.75 Å². The van der Waals surface area contributed by atoms with Gasteiger partial charge in [-0.3, -0.25) is 19.3 Å². The van der Waals surface area contributed by atoms with Crippen LogP contribution in [0.3, 0.4) is 0 Å². The van der Waals surface area contributed by atoms with Gasteiger partial charge in [-0.15, -0.1) is 0 Å². The Labute approximate surface area is 242 Å². The lowest BCUT2D eigenvalue weighted by Gasteiger charge is -2.13. The average Bonchev–Trinajstić information content (AvgIpc) is 3.09. The Balaban J connectivity index is 1.43. The van der Waals surface area contributed by atoms with Gasteiger partial charge in [-0.05, 0) is 103 Å². The van der Waals surface area contributed by atoms with Gasteiger partial charge in [-0.25, -0.2) is 4.39 Å². The van der Waals surface area contributed by atoms with Gasteiger partial charge >= 0.3 is 0 Å². The Morgan fingerprint density at radius 3 is 2.38 bits per heavy atom. The summed E-state index contributed by atoms with van der Waals surface area (Å²) in [6, 6.07) is 14.5. The summed E-state index contributed by atoms with van der Waals surface area (Å²) in [6.45, 7) is -0.180. The predicted octanol–water partition coefficient (Wildman–Crippen LogP) is 7.91. The van der Waals surface area contributed by atoms with Crippen LogP contribution in [-0.4, -0.2) is 28.5 Å². The highest BCUT2D eigenvalue weighted by Gasteiger charge is 2.36. The number of nitrogens with one attached hydrogen (secondary N) is 1. The molecule has 0 radical (unpaired) electrons. The summed E-state index contributed by atoms with van der Waals surface area (Å²) >= 11 is 19.3. The molecule has 190 valence electrons. The van der Waals surface area contributed by atoms with Crippen molar-refractivity contribution in [2.75, 3.05) is 11.9 Å². The maximum Gasteiger partial charge on any atom is 0.294 e. The Kier molecular flexibility index (Phi) is 8.97. The van der Waals surface area contributed by atoms with Crippen molar-refractivity contribution in [3.05, 3.63) is 95.4 Å². The van der Waals surface area contributed by atoms with Gasteiger partial charge in [0.15, 0.2) is 0 Å². The average molecular weight is 689 g/mol. The highest BCUT2D eigenvalue weighted by atomic mass is 79.9. The Bertz CT molecular complexity index is 1410. The molecule has 0 atom stereocenters. The van der Waals surface area contributed by atoms with Crippen LogP contribution in [0.1, 0.15) is 11.1 Å². The van der Waals surface area contributed by atoms with Crippen molar-refractivity contribution in [3.63, 3.8) is 0 Å². The second-order valence-corrected chi connectivity index (χ2v) is 11.2. The van der Waals surface area contributed by atoms with E-state index in [4.69, 9.17) is 27.9 Å². The van der Waals surface area contributed by atoms with Gasteiger partial charge in [-0.2, -0.15) is 0 Å². The molecule has 6 nitrogen and oxygen atoms in total. The second kappa shape index (κ2) is 12.0. The minimum atomic E-state index is -0.629. The molecular weight excluding hydrogens is 674 g/mol.